The lowest BCUT2D eigenvalue weighted by atomic mass is 10.2. The van der Waals surface area contributed by atoms with Crippen LogP contribution in [0.5, 0.6) is 5.75 Å². The second-order valence-corrected chi connectivity index (χ2v) is 7.60. The van der Waals surface area contributed by atoms with E-state index in [0.717, 1.165) is 5.56 Å². The lowest BCUT2D eigenvalue weighted by molar-refractivity contribution is 0.0775. The molecule has 0 atom stereocenters. The van der Waals surface area contributed by atoms with Gasteiger partial charge in [-0.1, -0.05) is 29.3 Å². The largest absolute Gasteiger partial charge is 0.501 e. The van der Waals surface area contributed by atoms with Crippen LogP contribution in [-0.2, 0) is 6.54 Å². The highest BCUT2D eigenvalue weighted by atomic mass is 35.5. The number of pyridine rings is 1. The van der Waals surface area contributed by atoms with Crippen LogP contribution in [0.4, 0.5) is 5.69 Å². The van der Waals surface area contributed by atoms with Gasteiger partial charge in [0, 0.05) is 33.9 Å². The number of nitrogens with zero attached hydrogens (tertiary/aromatic N) is 4. The molecule has 0 bridgehead atoms. The van der Waals surface area contributed by atoms with Gasteiger partial charge < -0.3 is 19.9 Å². The standard InChI is InChI=1S/C20H19Cl2N5O3/c1-26(2)14-5-4-8-23-15(14)18-24-16(17(28)19(29)25-18)20(30)27(3)10-11-6-7-12(21)13(22)9-11/h4-9,28H,10H2,1-3H3,(H,24,25,29). The summed E-state index contributed by atoms with van der Waals surface area (Å²) < 4.78 is 0. The van der Waals surface area contributed by atoms with Crippen molar-refractivity contribution in [2.24, 2.45) is 0 Å². The van der Waals surface area contributed by atoms with Crippen LogP contribution in [0.15, 0.2) is 41.3 Å². The van der Waals surface area contributed by atoms with Gasteiger partial charge in [-0.25, -0.2) is 4.98 Å². The quantitative estimate of drug-likeness (QED) is 0.622. The van der Waals surface area contributed by atoms with Crippen molar-refractivity contribution in [3.8, 4) is 17.3 Å². The Morgan fingerprint density at radius 3 is 2.57 bits per heavy atom. The summed E-state index contributed by atoms with van der Waals surface area (Å²) in [5, 5.41) is 11.0. The van der Waals surface area contributed by atoms with Crippen LogP contribution in [0.3, 0.4) is 0 Å². The molecular formula is C20H19Cl2N5O3. The maximum Gasteiger partial charge on any atom is 0.294 e. The summed E-state index contributed by atoms with van der Waals surface area (Å²) in [6.07, 6.45) is 1.55. The monoisotopic (exact) mass is 447 g/mol. The highest BCUT2D eigenvalue weighted by Gasteiger charge is 2.23. The van der Waals surface area contributed by atoms with Crippen molar-refractivity contribution < 1.29 is 9.90 Å². The predicted octanol–water partition coefficient (Wildman–Crippen LogP) is 3.18. The predicted molar refractivity (Wildman–Crippen MR) is 116 cm³/mol. The third-order valence-corrected chi connectivity index (χ3v) is 5.08. The summed E-state index contributed by atoms with van der Waals surface area (Å²) in [5.41, 5.74) is 0.590. The van der Waals surface area contributed by atoms with Crippen LogP contribution in [0, 0.1) is 0 Å². The third-order valence-electron chi connectivity index (χ3n) is 4.34. The normalized spacial score (nSPS) is 10.7. The van der Waals surface area contributed by atoms with E-state index in [1.807, 2.05) is 14.1 Å². The molecule has 1 aromatic carbocycles. The van der Waals surface area contributed by atoms with E-state index in [0.29, 0.717) is 21.4 Å². The summed E-state index contributed by atoms with van der Waals surface area (Å²) in [6.45, 7) is 0.172. The van der Waals surface area contributed by atoms with Crippen LogP contribution in [0.1, 0.15) is 16.1 Å². The Kier molecular flexibility index (Phi) is 6.28. The molecule has 10 heteroatoms. The first kappa shape index (κ1) is 21.6. The molecule has 0 spiro atoms. The van der Waals surface area contributed by atoms with E-state index in [2.05, 4.69) is 15.0 Å². The molecule has 0 fully saturated rings. The molecule has 3 aromatic rings. The molecule has 0 aliphatic rings. The van der Waals surface area contributed by atoms with Gasteiger partial charge in [0.15, 0.2) is 11.5 Å². The molecule has 0 unspecified atom stereocenters. The highest BCUT2D eigenvalue weighted by Crippen LogP contribution is 2.26. The topological polar surface area (TPSA) is 102 Å². The number of carbonyl (C=O) groups is 1. The fourth-order valence-electron chi connectivity index (χ4n) is 2.83. The number of hydrogen-bond donors (Lipinski definition) is 2. The SMILES string of the molecule is CN(Cc1ccc(Cl)c(Cl)c1)C(=O)c1nc(-c2ncccc2N(C)C)[nH]c(=O)c1O. The van der Waals surface area contributed by atoms with E-state index < -0.39 is 17.2 Å². The maximum atomic E-state index is 12.9. The molecule has 3 rings (SSSR count). The lowest BCUT2D eigenvalue weighted by Crippen LogP contribution is -2.29. The number of aromatic amines is 1. The maximum absolute atomic E-state index is 12.9. The van der Waals surface area contributed by atoms with Crippen LogP contribution in [0.25, 0.3) is 11.5 Å². The molecule has 2 aromatic heterocycles. The zero-order valence-electron chi connectivity index (χ0n) is 16.5. The zero-order chi connectivity index (χ0) is 22.0. The first-order valence-corrected chi connectivity index (χ1v) is 9.60. The number of aromatic hydroxyl groups is 1. The zero-order valence-corrected chi connectivity index (χ0v) is 18.0. The summed E-state index contributed by atoms with van der Waals surface area (Å²) in [4.78, 5) is 39.3. The minimum absolute atomic E-state index is 0.0772. The van der Waals surface area contributed by atoms with Crippen molar-refractivity contribution in [3.05, 3.63) is 68.2 Å². The Morgan fingerprint density at radius 2 is 1.90 bits per heavy atom. The fraction of sp³-hybridized carbons (Fsp3) is 0.200. The molecule has 8 nitrogen and oxygen atoms in total. The summed E-state index contributed by atoms with van der Waals surface area (Å²) >= 11 is 11.9. The molecule has 0 saturated carbocycles. The van der Waals surface area contributed by atoms with Gasteiger partial charge in [-0.15, -0.1) is 0 Å². The van der Waals surface area contributed by atoms with Crippen molar-refractivity contribution in [2.75, 3.05) is 26.0 Å². The third kappa shape index (κ3) is 4.39. The summed E-state index contributed by atoms with van der Waals surface area (Å²) in [6, 6.07) is 8.54. The second-order valence-electron chi connectivity index (χ2n) is 6.79. The summed E-state index contributed by atoms with van der Waals surface area (Å²) in [5.74, 6) is -1.31. The molecule has 0 saturated heterocycles. The number of amides is 1. The average molecular weight is 448 g/mol. The number of carbonyl (C=O) groups excluding carboxylic acids is 1. The lowest BCUT2D eigenvalue weighted by Gasteiger charge is -2.19. The van der Waals surface area contributed by atoms with Crippen LogP contribution < -0.4 is 10.5 Å². The number of benzene rings is 1. The number of aromatic nitrogens is 3. The van der Waals surface area contributed by atoms with Crippen molar-refractivity contribution in [2.45, 2.75) is 6.54 Å². The Morgan fingerprint density at radius 1 is 1.17 bits per heavy atom. The molecule has 2 N–H and O–H groups in total. The van der Waals surface area contributed by atoms with Crippen LogP contribution in [-0.4, -0.2) is 52.0 Å². The molecule has 0 aliphatic carbocycles. The van der Waals surface area contributed by atoms with Gasteiger partial charge in [-0.05, 0) is 29.8 Å². The molecule has 0 aliphatic heterocycles. The summed E-state index contributed by atoms with van der Waals surface area (Å²) in [7, 11) is 5.16. The van der Waals surface area contributed by atoms with E-state index >= 15 is 0 Å². The Balaban J connectivity index is 1.98. The van der Waals surface area contributed by atoms with E-state index in [4.69, 9.17) is 23.2 Å². The molecule has 1 amide bonds. The highest BCUT2D eigenvalue weighted by molar-refractivity contribution is 6.42. The van der Waals surface area contributed by atoms with Gasteiger partial charge in [-0.2, -0.15) is 0 Å². The Labute approximate surface area is 182 Å². The minimum atomic E-state index is -0.832. The number of hydrogen-bond acceptors (Lipinski definition) is 6. The van der Waals surface area contributed by atoms with Crippen molar-refractivity contribution >= 4 is 34.8 Å². The molecule has 2 heterocycles. The van der Waals surface area contributed by atoms with E-state index in [1.54, 1.807) is 41.4 Å². The van der Waals surface area contributed by atoms with Crippen LogP contribution >= 0.6 is 23.2 Å². The van der Waals surface area contributed by atoms with Gasteiger partial charge in [0.2, 0.25) is 5.75 Å². The minimum Gasteiger partial charge on any atom is -0.501 e. The smallest absolute Gasteiger partial charge is 0.294 e. The van der Waals surface area contributed by atoms with Gasteiger partial charge in [-0.3, -0.25) is 14.6 Å². The van der Waals surface area contributed by atoms with Gasteiger partial charge in [0.05, 0.1) is 15.7 Å². The number of nitrogens with one attached hydrogen (secondary N) is 1. The molecule has 30 heavy (non-hydrogen) atoms. The van der Waals surface area contributed by atoms with Crippen molar-refractivity contribution in [1.82, 2.24) is 19.9 Å². The van der Waals surface area contributed by atoms with E-state index in [9.17, 15) is 14.7 Å². The number of anilines is 1. The Hall–Kier alpha value is -3.10. The molecule has 156 valence electrons. The Bertz CT molecular complexity index is 1160. The number of rotatable bonds is 5. The first-order valence-electron chi connectivity index (χ1n) is 8.84. The molecule has 0 radical (unpaired) electrons. The number of H-pyrrole nitrogens is 1. The average Bonchev–Trinajstić information content (AvgIpc) is 2.72. The van der Waals surface area contributed by atoms with Crippen molar-refractivity contribution in [1.29, 1.82) is 0 Å². The van der Waals surface area contributed by atoms with Crippen LogP contribution in [0.2, 0.25) is 10.0 Å². The van der Waals surface area contributed by atoms with E-state index in [1.165, 1.54) is 11.9 Å². The van der Waals surface area contributed by atoms with E-state index in [-0.39, 0.29) is 18.1 Å². The molecular weight excluding hydrogens is 429 g/mol. The van der Waals surface area contributed by atoms with Gasteiger partial charge in [0.25, 0.3) is 11.5 Å². The first-order chi connectivity index (χ1) is 14.2. The second kappa shape index (κ2) is 8.73. The van der Waals surface area contributed by atoms with Gasteiger partial charge >= 0.3 is 0 Å². The van der Waals surface area contributed by atoms with Crippen molar-refractivity contribution in [3.63, 3.8) is 0 Å². The fourth-order valence-corrected chi connectivity index (χ4v) is 3.15. The van der Waals surface area contributed by atoms with Gasteiger partial charge in [0.1, 0.15) is 5.69 Å². The number of halogens is 2.